The van der Waals surface area contributed by atoms with E-state index in [9.17, 15) is 19.5 Å². The topological polar surface area (TPSA) is 108 Å². The van der Waals surface area contributed by atoms with Gasteiger partial charge >= 0.3 is 0 Å². The average Bonchev–Trinajstić information content (AvgIpc) is 3.55. The molecule has 0 aromatic heterocycles. The van der Waals surface area contributed by atoms with E-state index in [0.717, 1.165) is 23.1 Å². The summed E-state index contributed by atoms with van der Waals surface area (Å²) < 4.78 is 4.95. The van der Waals surface area contributed by atoms with E-state index in [1.165, 1.54) is 16.7 Å². The zero-order valence-corrected chi connectivity index (χ0v) is 23.0. The number of carbonyl (C=O) groups is 3. The summed E-state index contributed by atoms with van der Waals surface area (Å²) in [5.41, 5.74) is 2.95. The van der Waals surface area contributed by atoms with Crippen molar-refractivity contribution in [3.63, 3.8) is 0 Å². The summed E-state index contributed by atoms with van der Waals surface area (Å²) in [5.74, 6) is -0.915. The van der Waals surface area contributed by atoms with Gasteiger partial charge in [-0.05, 0) is 56.7 Å². The summed E-state index contributed by atoms with van der Waals surface area (Å²) in [6.07, 6.45) is -0.449. The van der Waals surface area contributed by atoms with Crippen LogP contribution in [0.5, 0.6) is 0 Å². The third-order valence-electron chi connectivity index (χ3n) is 7.27. The number of nitrogens with one attached hydrogen (secondary N) is 2. The minimum atomic E-state index is -1.53. The van der Waals surface area contributed by atoms with Gasteiger partial charge in [-0.3, -0.25) is 14.4 Å². The van der Waals surface area contributed by atoms with Gasteiger partial charge < -0.3 is 25.4 Å². The maximum atomic E-state index is 13.7. The Labute approximate surface area is 228 Å². The van der Waals surface area contributed by atoms with Crippen molar-refractivity contribution < 1.29 is 24.2 Å². The summed E-state index contributed by atoms with van der Waals surface area (Å²) in [6.45, 7) is 6.70. The second kappa shape index (κ2) is 12.3. The molecule has 9 heteroatoms. The first-order valence-corrected chi connectivity index (χ1v) is 14.1. The van der Waals surface area contributed by atoms with E-state index in [1.807, 2.05) is 75.4 Å². The number of rotatable bonds is 9. The van der Waals surface area contributed by atoms with Crippen molar-refractivity contribution in [1.29, 1.82) is 0 Å². The van der Waals surface area contributed by atoms with E-state index >= 15 is 0 Å². The number of aliphatic hydroxyl groups excluding tert-OH is 1. The Morgan fingerprint density at radius 3 is 2.50 bits per heavy atom. The Morgan fingerprint density at radius 1 is 1.11 bits per heavy atom. The van der Waals surface area contributed by atoms with Gasteiger partial charge in [-0.15, -0.1) is 11.8 Å². The number of aliphatic hydroxyl groups is 1. The van der Waals surface area contributed by atoms with Crippen LogP contribution in [0, 0.1) is 6.92 Å². The number of hydrogen-bond acceptors (Lipinski definition) is 6. The molecule has 0 bridgehead atoms. The molecule has 0 radical (unpaired) electrons. The van der Waals surface area contributed by atoms with Crippen LogP contribution in [-0.2, 0) is 32.1 Å². The van der Waals surface area contributed by atoms with Gasteiger partial charge in [0.05, 0.1) is 11.9 Å². The highest BCUT2D eigenvalue weighted by atomic mass is 32.2. The number of carbonyl (C=O) groups excluding carboxylic acids is 3. The van der Waals surface area contributed by atoms with E-state index in [1.54, 1.807) is 0 Å². The molecular formula is C29H37N3O5S. The van der Waals surface area contributed by atoms with Gasteiger partial charge in [-0.25, -0.2) is 0 Å². The van der Waals surface area contributed by atoms with Crippen molar-refractivity contribution in [2.24, 2.45) is 0 Å². The molecule has 2 saturated heterocycles. The number of ether oxygens (including phenoxy) is 1. The van der Waals surface area contributed by atoms with Crippen LogP contribution >= 0.6 is 11.8 Å². The monoisotopic (exact) mass is 539 g/mol. The lowest BCUT2D eigenvalue weighted by Gasteiger charge is -2.33. The Bertz CT molecular complexity index is 1140. The molecule has 2 aliphatic rings. The first kappa shape index (κ1) is 28.1. The molecule has 2 aromatic rings. The molecule has 0 saturated carbocycles. The fourth-order valence-electron chi connectivity index (χ4n) is 5.01. The Hall–Kier alpha value is -2.88. The predicted octanol–water partition coefficient (Wildman–Crippen LogP) is 2.56. The molecule has 204 valence electrons. The summed E-state index contributed by atoms with van der Waals surface area (Å²) in [5, 5.41) is 17.2. The largest absolute Gasteiger partial charge is 0.381 e. The number of nitrogens with zero attached hydrogens (tertiary/aromatic N) is 1. The minimum absolute atomic E-state index is 0.265. The molecule has 0 spiro atoms. The van der Waals surface area contributed by atoms with E-state index in [4.69, 9.17) is 4.74 Å². The van der Waals surface area contributed by atoms with Gasteiger partial charge in [0.2, 0.25) is 11.8 Å². The fraction of sp³-hybridized carbons (Fsp3) is 0.483. The van der Waals surface area contributed by atoms with Gasteiger partial charge in [-0.2, -0.15) is 0 Å². The predicted molar refractivity (Wildman–Crippen MR) is 147 cm³/mol. The smallest absolute Gasteiger partial charge is 0.254 e. The molecule has 8 nitrogen and oxygen atoms in total. The average molecular weight is 540 g/mol. The zero-order valence-electron chi connectivity index (χ0n) is 22.2. The Balaban J connectivity index is 1.50. The quantitative estimate of drug-likeness (QED) is 0.452. The van der Waals surface area contributed by atoms with Crippen molar-refractivity contribution in [3.8, 4) is 0 Å². The highest BCUT2D eigenvalue weighted by molar-refractivity contribution is 8.00. The number of amides is 3. The van der Waals surface area contributed by atoms with Crippen LogP contribution < -0.4 is 10.6 Å². The number of hydrogen-bond donors (Lipinski definition) is 3. The lowest BCUT2D eigenvalue weighted by molar-refractivity contribution is -0.148. The molecule has 4 atom stereocenters. The summed E-state index contributed by atoms with van der Waals surface area (Å²) in [4.78, 5) is 41.4. The number of benzene rings is 2. The SMILES string of the molecule is Cc1ccccc1CNC(=O)[C@H]1N(C(=O)[C@@H](O)[C@H](Cc2ccccc2)NC(=O)[C@H]2CCCO2)CSC1(C)C. The summed E-state index contributed by atoms with van der Waals surface area (Å²) in [6, 6.07) is 15.6. The molecule has 4 rings (SSSR count). The summed E-state index contributed by atoms with van der Waals surface area (Å²) in [7, 11) is 0. The molecule has 3 N–H and O–H groups in total. The third kappa shape index (κ3) is 6.57. The van der Waals surface area contributed by atoms with Crippen LogP contribution in [0.15, 0.2) is 54.6 Å². The Kier molecular flexibility index (Phi) is 9.12. The molecule has 0 unspecified atom stereocenters. The normalized spacial score (nSPS) is 22.1. The maximum Gasteiger partial charge on any atom is 0.254 e. The van der Waals surface area contributed by atoms with Crippen molar-refractivity contribution in [3.05, 3.63) is 71.3 Å². The fourth-order valence-corrected chi connectivity index (χ4v) is 6.15. The van der Waals surface area contributed by atoms with Gasteiger partial charge in [0.25, 0.3) is 5.91 Å². The second-order valence-corrected chi connectivity index (χ2v) is 12.1. The number of thioether (sulfide) groups is 1. The van der Waals surface area contributed by atoms with E-state index in [2.05, 4.69) is 10.6 Å². The highest BCUT2D eigenvalue weighted by Crippen LogP contribution is 2.40. The van der Waals surface area contributed by atoms with E-state index in [0.29, 0.717) is 19.6 Å². The van der Waals surface area contributed by atoms with Crippen LogP contribution in [0.3, 0.4) is 0 Å². The van der Waals surface area contributed by atoms with Crippen molar-refractivity contribution in [2.45, 2.75) is 75.6 Å². The van der Waals surface area contributed by atoms with Crippen LogP contribution in [0.1, 0.15) is 43.4 Å². The van der Waals surface area contributed by atoms with Crippen molar-refractivity contribution >= 4 is 29.5 Å². The molecule has 2 heterocycles. The molecular weight excluding hydrogens is 502 g/mol. The van der Waals surface area contributed by atoms with Gasteiger partial charge in [-0.1, -0.05) is 54.6 Å². The zero-order chi connectivity index (χ0) is 27.3. The minimum Gasteiger partial charge on any atom is -0.381 e. The molecule has 38 heavy (non-hydrogen) atoms. The first-order valence-electron chi connectivity index (χ1n) is 13.1. The first-order chi connectivity index (χ1) is 18.2. The molecule has 0 aliphatic carbocycles. The lowest BCUT2D eigenvalue weighted by atomic mass is 9.97. The van der Waals surface area contributed by atoms with E-state index in [-0.39, 0.29) is 24.1 Å². The van der Waals surface area contributed by atoms with Crippen LogP contribution in [0.4, 0.5) is 0 Å². The highest BCUT2D eigenvalue weighted by Gasteiger charge is 2.49. The standard InChI is InChI=1S/C29H37N3O5S/c1-19-10-7-8-13-21(19)17-30-27(35)25-29(2,3)38-18-32(25)28(36)24(33)22(16-20-11-5-4-6-12-20)31-26(34)23-14-9-15-37-23/h4-8,10-13,22-25,33H,9,14-18H2,1-3H3,(H,30,35)(H,31,34)/t22-,23+,24-,25+/m0/s1. The van der Waals surface area contributed by atoms with Crippen molar-refractivity contribution in [1.82, 2.24) is 15.5 Å². The van der Waals surface area contributed by atoms with E-state index < -0.39 is 34.9 Å². The molecule has 3 amide bonds. The summed E-state index contributed by atoms with van der Waals surface area (Å²) >= 11 is 1.49. The molecule has 2 aromatic carbocycles. The van der Waals surface area contributed by atoms with Crippen LogP contribution in [0.25, 0.3) is 0 Å². The number of aryl methyl sites for hydroxylation is 1. The maximum absolute atomic E-state index is 13.7. The second-order valence-electron chi connectivity index (χ2n) is 10.5. The third-order valence-corrected chi connectivity index (χ3v) is 8.65. The van der Waals surface area contributed by atoms with Crippen LogP contribution in [0.2, 0.25) is 0 Å². The Morgan fingerprint density at radius 2 is 1.82 bits per heavy atom. The van der Waals surface area contributed by atoms with Gasteiger partial charge in [0, 0.05) is 17.9 Å². The van der Waals surface area contributed by atoms with Gasteiger partial charge in [0.15, 0.2) is 6.10 Å². The van der Waals surface area contributed by atoms with Crippen LogP contribution in [-0.4, -0.2) is 69.3 Å². The molecule has 2 aliphatic heterocycles. The lowest BCUT2D eigenvalue weighted by Crippen LogP contribution is -2.59. The van der Waals surface area contributed by atoms with Crippen molar-refractivity contribution in [2.75, 3.05) is 12.5 Å². The molecule has 2 fully saturated rings. The van der Waals surface area contributed by atoms with Gasteiger partial charge in [0.1, 0.15) is 12.1 Å².